The predicted octanol–water partition coefficient (Wildman–Crippen LogP) is 5.50. The summed E-state index contributed by atoms with van der Waals surface area (Å²) < 4.78 is 51.5. The Kier molecular flexibility index (Phi) is 5.03. The second-order valence-corrected chi connectivity index (χ2v) is 10.3. The fraction of sp³-hybridized carbons (Fsp3) is 0.440. The summed E-state index contributed by atoms with van der Waals surface area (Å²) in [5.74, 6) is 0.809. The van der Waals surface area contributed by atoms with Crippen LogP contribution in [-0.2, 0) is 12.8 Å². The highest BCUT2D eigenvalue weighted by Crippen LogP contribution is 2.41. The number of aromatic nitrogens is 2. The molecule has 1 aromatic carbocycles. The molecule has 0 aliphatic carbocycles. The van der Waals surface area contributed by atoms with Gasteiger partial charge in [0.2, 0.25) is 0 Å². The van der Waals surface area contributed by atoms with Crippen molar-refractivity contribution in [2.24, 2.45) is 0 Å². The molecule has 0 N–H and O–H groups in total. The van der Waals surface area contributed by atoms with Crippen LogP contribution in [0.3, 0.4) is 0 Å². The molecular weight excluding hydrogens is 441 g/mol. The average molecular weight is 475 g/mol. The number of carbonyl (C=O) groups is 1. The largest absolute Gasteiger partial charge is 0.493 e. The minimum absolute atomic E-state index is 0.0534. The van der Waals surface area contributed by atoms with E-state index in [4.69, 9.17) is 13.6 Å². The number of benzene rings is 1. The molecule has 33 heavy (non-hydrogen) atoms. The third-order valence-electron chi connectivity index (χ3n) is 5.44. The lowest BCUT2D eigenvalue weighted by Gasteiger charge is -2.32. The number of imidazole rings is 1. The Morgan fingerprint density at radius 1 is 1.27 bits per heavy atom. The number of aryl methyl sites for hydroxylation is 1. The van der Waals surface area contributed by atoms with Crippen molar-refractivity contribution in [3.8, 4) is 27.9 Å². The number of halogens is 1. The van der Waals surface area contributed by atoms with Crippen molar-refractivity contribution in [3.05, 3.63) is 46.3 Å². The van der Waals surface area contributed by atoms with Crippen molar-refractivity contribution < 1.29 is 22.8 Å². The van der Waals surface area contributed by atoms with Gasteiger partial charge in [-0.1, -0.05) is 0 Å². The maximum atomic E-state index is 14.0. The summed E-state index contributed by atoms with van der Waals surface area (Å²) in [5.41, 5.74) is 1.34. The molecule has 0 spiro atoms. The summed E-state index contributed by atoms with van der Waals surface area (Å²) in [6.45, 7) is 6.17. The van der Waals surface area contributed by atoms with E-state index in [0.717, 1.165) is 27.5 Å². The van der Waals surface area contributed by atoms with Gasteiger partial charge in [0, 0.05) is 22.7 Å². The summed E-state index contributed by atoms with van der Waals surface area (Å²) >= 11 is 0.913. The van der Waals surface area contributed by atoms with E-state index in [1.54, 1.807) is 33.9 Å². The molecule has 1 aliphatic rings. The number of thiophene rings is 1. The highest BCUT2D eigenvalue weighted by Gasteiger charge is 2.33. The van der Waals surface area contributed by atoms with E-state index in [2.05, 4.69) is 4.98 Å². The van der Waals surface area contributed by atoms with Crippen molar-refractivity contribution in [3.63, 3.8) is 0 Å². The molecule has 0 bridgehead atoms. The number of hydrogen-bond donors (Lipinski definition) is 0. The van der Waals surface area contributed by atoms with Crippen LogP contribution in [0, 0.1) is 5.13 Å². The molecule has 0 saturated heterocycles. The van der Waals surface area contributed by atoms with E-state index in [1.165, 1.54) is 6.07 Å². The predicted molar refractivity (Wildman–Crippen MR) is 128 cm³/mol. The number of rotatable bonds is 5. The average Bonchev–Trinajstić information content (AvgIpc) is 3.34. The van der Waals surface area contributed by atoms with E-state index in [9.17, 15) is 9.18 Å². The zero-order valence-corrected chi connectivity index (χ0v) is 20.5. The molecule has 1 aliphatic heterocycles. The molecule has 0 unspecified atom stereocenters. The fourth-order valence-corrected chi connectivity index (χ4v) is 4.59. The molecular formula is C25H30FN3O3S. The molecule has 0 saturated carbocycles. The van der Waals surface area contributed by atoms with Crippen molar-refractivity contribution >= 4 is 17.2 Å². The van der Waals surface area contributed by atoms with E-state index < -0.39 is 18.4 Å². The first-order chi connectivity index (χ1) is 16.7. The number of methoxy groups -OCH3 is 1. The summed E-state index contributed by atoms with van der Waals surface area (Å²) in [6, 6.07) is 6.70. The Morgan fingerprint density at radius 2 is 2.03 bits per heavy atom. The molecule has 8 heteroatoms. The van der Waals surface area contributed by atoms with E-state index in [-0.39, 0.29) is 16.9 Å². The summed E-state index contributed by atoms with van der Waals surface area (Å²) in [6.07, 6.45) is 0.924. The number of hydrogen-bond acceptors (Lipinski definition) is 5. The maximum absolute atomic E-state index is 14.0. The Balaban J connectivity index is 1.98. The Morgan fingerprint density at radius 3 is 2.61 bits per heavy atom. The van der Waals surface area contributed by atoms with Gasteiger partial charge >= 0.3 is 0 Å². The topological polar surface area (TPSA) is 56.6 Å². The van der Waals surface area contributed by atoms with E-state index >= 15 is 0 Å². The molecule has 0 fully saturated rings. The monoisotopic (exact) mass is 474 g/mol. The van der Waals surface area contributed by atoms with Crippen molar-refractivity contribution in [2.75, 3.05) is 14.1 Å². The van der Waals surface area contributed by atoms with Crippen LogP contribution in [0.15, 0.2) is 24.3 Å². The second-order valence-electron chi connectivity index (χ2n) is 9.28. The molecule has 1 amide bonds. The van der Waals surface area contributed by atoms with Gasteiger partial charge < -0.3 is 14.4 Å². The number of amides is 1. The normalized spacial score (nSPS) is 14.7. The molecule has 0 atom stereocenters. The fourth-order valence-electron chi connectivity index (χ4n) is 3.88. The lowest BCUT2D eigenvalue weighted by Crippen LogP contribution is -2.43. The van der Waals surface area contributed by atoms with E-state index in [0.29, 0.717) is 40.7 Å². The number of nitrogens with zero attached hydrogens (tertiary/aromatic N) is 3. The Bertz CT molecular complexity index is 1290. The highest BCUT2D eigenvalue weighted by atomic mass is 32.1. The first kappa shape index (κ1) is 19.6. The minimum Gasteiger partial charge on any atom is -0.493 e. The standard InChI is InChI=1S/C25H30FN3O3S/c1-14(2)32-19-13-17-15(12-18(19)31-7)8-9-16-22(24(30)28(6)25(3,4)5)27-23(29(16)17)20-10-11-21(26)33-20/h10-14H,8-9H2,1-7H3/i6D3. The highest BCUT2D eigenvalue weighted by molar-refractivity contribution is 7.13. The van der Waals surface area contributed by atoms with Crippen LogP contribution in [0.5, 0.6) is 11.5 Å². The van der Waals surface area contributed by atoms with Crippen LogP contribution in [-0.4, -0.2) is 46.1 Å². The van der Waals surface area contributed by atoms with Crippen molar-refractivity contribution in [2.45, 2.75) is 59.1 Å². The SMILES string of the molecule is [2H]C([2H])([2H])N(C(=O)c1nc(-c2ccc(F)s2)n2c1CCc1cc(OC)c(OC(C)C)cc1-2)C(C)(C)C. The van der Waals surface area contributed by atoms with Crippen LogP contribution in [0.25, 0.3) is 16.4 Å². The first-order valence-corrected chi connectivity index (χ1v) is 11.6. The molecule has 176 valence electrons. The Labute approximate surface area is 202 Å². The van der Waals surface area contributed by atoms with Gasteiger partial charge in [-0.25, -0.2) is 4.98 Å². The van der Waals surface area contributed by atoms with Gasteiger partial charge in [0.05, 0.1) is 29.5 Å². The summed E-state index contributed by atoms with van der Waals surface area (Å²) in [4.78, 5) is 19.8. The van der Waals surface area contributed by atoms with Crippen LogP contribution in [0.2, 0.25) is 0 Å². The van der Waals surface area contributed by atoms with Crippen LogP contribution < -0.4 is 9.47 Å². The van der Waals surface area contributed by atoms with Gasteiger partial charge in [0.25, 0.3) is 5.91 Å². The zero-order chi connectivity index (χ0) is 26.6. The first-order valence-electron chi connectivity index (χ1n) is 12.3. The maximum Gasteiger partial charge on any atom is 0.274 e. The van der Waals surface area contributed by atoms with Crippen LogP contribution in [0.1, 0.15) is 60.5 Å². The molecule has 3 heterocycles. The number of fused-ring (bicyclic) bond motifs is 3. The van der Waals surface area contributed by atoms with Gasteiger partial charge in [0.15, 0.2) is 28.1 Å². The molecule has 0 radical (unpaired) electrons. The minimum atomic E-state index is -2.67. The number of ether oxygens (including phenoxy) is 2. The summed E-state index contributed by atoms with van der Waals surface area (Å²) in [7, 11) is 1.58. The molecule has 6 nitrogen and oxygen atoms in total. The third-order valence-corrected chi connectivity index (χ3v) is 6.31. The van der Waals surface area contributed by atoms with Gasteiger partial charge in [-0.15, -0.1) is 11.3 Å². The molecule has 2 aromatic heterocycles. The zero-order valence-electron chi connectivity index (χ0n) is 22.7. The second kappa shape index (κ2) is 8.48. The molecule has 3 aromatic rings. The van der Waals surface area contributed by atoms with Crippen molar-refractivity contribution in [1.82, 2.24) is 14.5 Å². The quantitative estimate of drug-likeness (QED) is 0.490. The smallest absolute Gasteiger partial charge is 0.274 e. The lowest BCUT2D eigenvalue weighted by atomic mass is 9.98. The van der Waals surface area contributed by atoms with Crippen LogP contribution >= 0.6 is 11.3 Å². The number of carbonyl (C=O) groups excluding carboxylic acids is 1. The Hall–Kier alpha value is -2.87. The van der Waals surface area contributed by atoms with Gasteiger partial charge in [-0.3, -0.25) is 9.36 Å². The lowest BCUT2D eigenvalue weighted by molar-refractivity contribution is 0.0649. The summed E-state index contributed by atoms with van der Waals surface area (Å²) in [5, 5.41) is -0.386. The molecule has 4 rings (SSSR count). The van der Waals surface area contributed by atoms with Gasteiger partial charge in [-0.2, -0.15) is 4.39 Å². The van der Waals surface area contributed by atoms with Crippen molar-refractivity contribution in [1.29, 1.82) is 0 Å². The van der Waals surface area contributed by atoms with E-state index in [1.807, 2.05) is 30.5 Å². The van der Waals surface area contributed by atoms with Gasteiger partial charge in [0.1, 0.15) is 0 Å². The third kappa shape index (κ3) is 4.24. The van der Waals surface area contributed by atoms with Gasteiger partial charge in [-0.05, 0) is 71.2 Å². The van der Waals surface area contributed by atoms with Crippen LogP contribution in [0.4, 0.5) is 4.39 Å².